The van der Waals surface area contributed by atoms with Crippen LogP contribution < -0.4 is 9.04 Å². The van der Waals surface area contributed by atoms with Gasteiger partial charge in [-0.3, -0.25) is 4.79 Å². The van der Waals surface area contributed by atoms with E-state index >= 15 is 0 Å². The number of hydrogen-bond donors (Lipinski definition) is 0. The molecule has 10 heteroatoms. The number of ether oxygens (including phenoxy) is 3. The van der Waals surface area contributed by atoms with Crippen molar-refractivity contribution in [2.45, 2.75) is 32.9 Å². The Balaban J connectivity index is 2.01. The molecule has 0 bridgehead atoms. The number of carbonyl (C=O) groups excluding carboxylic acids is 2. The highest BCUT2D eigenvalue weighted by atomic mass is 32.2. The normalized spacial score (nSPS) is 14.6. The Morgan fingerprint density at radius 3 is 2.47 bits per heavy atom. The minimum absolute atomic E-state index is 0.00609. The Hall–Kier alpha value is -3.27. The van der Waals surface area contributed by atoms with Gasteiger partial charge in [0.05, 0.1) is 19.3 Å². The van der Waals surface area contributed by atoms with Crippen LogP contribution in [0.4, 0.5) is 10.5 Å². The monoisotopic (exact) mass is 462 g/mol. The molecule has 1 heterocycles. The maximum atomic E-state index is 13.6. The van der Waals surface area contributed by atoms with Crippen molar-refractivity contribution in [2.24, 2.45) is 0 Å². The number of para-hydroxylation sites is 1. The second-order valence-electron chi connectivity index (χ2n) is 7.30. The van der Waals surface area contributed by atoms with Crippen molar-refractivity contribution < 1.29 is 32.2 Å². The minimum atomic E-state index is -4.27. The molecule has 1 unspecified atom stereocenters. The largest absolute Gasteiger partial charge is 0.497 e. The molecule has 1 fully saturated rings. The summed E-state index contributed by atoms with van der Waals surface area (Å²) in [7, 11) is -2.70. The van der Waals surface area contributed by atoms with E-state index in [0.717, 1.165) is 9.87 Å². The molecule has 0 aromatic heterocycles. The van der Waals surface area contributed by atoms with E-state index in [0.29, 0.717) is 23.4 Å². The first kappa shape index (κ1) is 23.4. The lowest BCUT2D eigenvalue weighted by molar-refractivity contribution is -0.142. The zero-order valence-corrected chi connectivity index (χ0v) is 19.0. The van der Waals surface area contributed by atoms with Crippen molar-refractivity contribution in [1.82, 2.24) is 4.31 Å². The SMILES string of the molecule is COc1ccc(CC(C)N(c2ccccc2COC(C)=O)S(=O)(=O)N2CCOC2=O)cc1. The Kier molecular flexibility index (Phi) is 7.24. The van der Waals surface area contributed by atoms with E-state index in [9.17, 15) is 18.0 Å². The summed E-state index contributed by atoms with van der Waals surface area (Å²) in [6, 6.07) is 13.5. The predicted octanol–water partition coefficient (Wildman–Crippen LogP) is 2.89. The molecule has 0 aliphatic carbocycles. The zero-order chi connectivity index (χ0) is 23.3. The van der Waals surface area contributed by atoms with E-state index in [1.54, 1.807) is 50.4 Å². The van der Waals surface area contributed by atoms with Crippen molar-refractivity contribution in [3.05, 3.63) is 59.7 Å². The highest BCUT2D eigenvalue weighted by molar-refractivity contribution is 7.91. The van der Waals surface area contributed by atoms with Gasteiger partial charge in [0.1, 0.15) is 19.0 Å². The number of anilines is 1. The van der Waals surface area contributed by atoms with Crippen molar-refractivity contribution in [3.8, 4) is 5.75 Å². The highest BCUT2D eigenvalue weighted by Crippen LogP contribution is 2.30. The molecule has 0 N–H and O–H groups in total. The number of cyclic esters (lactones) is 1. The van der Waals surface area contributed by atoms with Crippen molar-refractivity contribution in [3.63, 3.8) is 0 Å². The number of nitrogens with zero attached hydrogens (tertiary/aromatic N) is 2. The van der Waals surface area contributed by atoms with Crippen LogP contribution >= 0.6 is 0 Å². The fraction of sp³-hybridized carbons (Fsp3) is 0.364. The molecule has 1 saturated heterocycles. The van der Waals surface area contributed by atoms with Crippen LogP contribution in [0.5, 0.6) is 5.75 Å². The van der Waals surface area contributed by atoms with E-state index in [1.807, 2.05) is 12.1 Å². The first-order valence-electron chi connectivity index (χ1n) is 10.1. The first-order valence-corrected chi connectivity index (χ1v) is 11.5. The number of methoxy groups -OCH3 is 1. The molecule has 1 aliphatic heterocycles. The molecular weight excluding hydrogens is 436 g/mol. The van der Waals surface area contributed by atoms with Gasteiger partial charge in [-0.15, -0.1) is 0 Å². The Morgan fingerprint density at radius 2 is 1.88 bits per heavy atom. The Bertz CT molecular complexity index is 1070. The van der Waals surface area contributed by atoms with Crippen LogP contribution in [0.25, 0.3) is 0 Å². The van der Waals surface area contributed by atoms with Gasteiger partial charge >= 0.3 is 22.3 Å². The number of carbonyl (C=O) groups is 2. The van der Waals surface area contributed by atoms with Gasteiger partial charge < -0.3 is 14.2 Å². The zero-order valence-electron chi connectivity index (χ0n) is 18.2. The van der Waals surface area contributed by atoms with Gasteiger partial charge in [-0.1, -0.05) is 30.3 Å². The van der Waals surface area contributed by atoms with Crippen molar-refractivity contribution in [1.29, 1.82) is 0 Å². The topological polar surface area (TPSA) is 102 Å². The van der Waals surface area contributed by atoms with E-state index < -0.39 is 28.3 Å². The summed E-state index contributed by atoms with van der Waals surface area (Å²) in [5.41, 5.74) is 1.72. The van der Waals surface area contributed by atoms with Crippen LogP contribution in [0.15, 0.2) is 48.5 Å². The van der Waals surface area contributed by atoms with Gasteiger partial charge in [-0.05, 0) is 37.1 Å². The summed E-state index contributed by atoms with van der Waals surface area (Å²) < 4.78 is 44.3. The van der Waals surface area contributed by atoms with Gasteiger partial charge in [-0.2, -0.15) is 12.7 Å². The minimum Gasteiger partial charge on any atom is -0.497 e. The second-order valence-corrected chi connectivity index (χ2v) is 9.03. The lowest BCUT2D eigenvalue weighted by atomic mass is 10.1. The van der Waals surface area contributed by atoms with E-state index in [4.69, 9.17) is 14.2 Å². The van der Waals surface area contributed by atoms with E-state index in [-0.39, 0.29) is 19.8 Å². The number of rotatable bonds is 9. The molecule has 1 atom stereocenters. The summed E-state index contributed by atoms with van der Waals surface area (Å²) in [6.45, 7) is 2.86. The first-order chi connectivity index (χ1) is 15.2. The van der Waals surface area contributed by atoms with Gasteiger partial charge in [0, 0.05) is 18.5 Å². The third-order valence-corrected chi connectivity index (χ3v) is 6.94. The third-order valence-electron chi connectivity index (χ3n) is 5.00. The molecule has 172 valence electrons. The van der Waals surface area contributed by atoms with Gasteiger partial charge in [-0.25, -0.2) is 9.10 Å². The smallest absolute Gasteiger partial charge is 0.425 e. The molecule has 2 aromatic rings. The van der Waals surface area contributed by atoms with Gasteiger partial charge in [0.15, 0.2) is 0 Å². The number of esters is 1. The number of hydrogen-bond acceptors (Lipinski definition) is 7. The van der Waals surface area contributed by atoms with Gasteiger partial charge in [0.25, 0.3) is 0 Å². The molecule has 32 heavy (non-hydrogen) atoms. The molecule has 0 saturated carbocycles. The second kappa shape index (κ2) is 9.90. The number of amides is 1. The Labute approximate surface area is 187 Å². The van der Waals surface area contributed by atoms with Crippen LogP contribution in [0, 0.1) is 0 Å². The predicted molar refractivity (Wildman–Crippen MR) is 118 cm³/mol. The standard InChI is InChI=1S/C22H26N2O7S/c1-16(14-18-8-10-20(29-3)11-9-18)24(32(27,28)23-12-13-30-22(23)26)21-7-5-4-6-19(21)15-31-17(2)25/h4-11,16H,12-15H2,1-3H3. The molecule has 0 radical (unpaired) electrons. The molecular formula is C22H26N2O7S. The van der Waals surface area contributed by atoms with Crippen molar-refractivity contribution >= 4 is 28.0 Å². The maximum absolute atomic E-state index is 13.6. The summed E-state index contributed by atoms with van der Waals surface area (Å²) >= 11 is 0. The molecule has 2 aromatic carbocycles. The van der Waals surface area contributed by atoms with Crippen LogP contribution in [-0.4, -0.2) is 51.1 Å². The lowest BCUT2D eigenvalue weighted by Crippen LogP contribution is -2.49. The lowest BCUT2D eigenvalue weighted by Gasteiger charge is -2.34. The van der Waals surface area contributed by atoms with Crippen LogP contribution in [0.1, 0.15) is 25.0 Å². The average molecular weight is 463 g/mol. The maximum Gasteiger partial charge on any atom is 0.425 e. The fourth-order valence-corrected chi connectivity index (χ4v) is 5.21. The molecule has 3 rings (SSSR count). The molecule has 1 aliphatic rings. The van der Waals surface area contributed by atoms with E-state index in [2.05, 4.69) is 0 Å². The molecule has 0 spiro atoms. The van der Waals surface area contributed by atoms with E-state index in [1.165, 1.54) is 11.2 Å². The summed E-state index contributed by atoms with van der Waals surface area (Å²) in [5.74, 6) is 0.209. The quantitative estimate of drug-likeness (QED) is 0.528. The summed E-state index contributed by atoms with van der Waals surface area (Å²) in [4.78, 5) is 23.5. The fourth-order valence-electron chi connectivity index (χ4n) is 3.50. The Morgan fingerprint density at radius 1 is 1.19 bits per heavy atom. The third kappa shape index (κ3) is 5.13. The average Bonchev–Trinajstić information content (AvgIpc) is 3.20. The van der Waals surface area contributed by atoms with Crippen LogP contribution in [0.3, 0.4) is 0 Å². The van der Waals surface area contributed by atoms with Crippen molar-refractivity contribution in [2.75, 3.05) is 24.6 Å². The molecule has 9 nitrogen and oxygen atoms in total. The number of benzene rings is 2. The van der Waals surface area contributed by atoms with Gasteiger partial charge in [0.2, 0.25) is 0 Å². The molecule has 1 amide bonds. The summed E-state index contributed by atoms with van der Waals surface area (Å²) in [5, 5.41) is 0. The highest BCUT2D eigenvalue weighted by Gasteiger charge is 2.41. The summed E-state index contributed by atoms with van der Waals surface area (Å²) in [6.07, 6.45) is -0.544. The van der Waals surface area contributed by atoms with Crippen LogP contribution in [-0.2, 0) is 37.5 Å². The van der Waals surface area contributed by atoms with Crippen LogP contribution in [0.2, 0.25) is 0 Å².